The molecule has 1 aliphatic rings. The first-order chi connectivity index (χ1) is 17.3. The second-order valence-corrected chi connectivity index (χ2v) is 9.43. The van der Waals surface area contributed by atoms with Crippen molar-refractivity contribution < 1.29 is 9.72 Å². The molecule has 0 spiro atoms. The minimum Gasteiger partial charge on any atom is -0.378 e. The molecule has 188 valence electrons. The van der Waals surface area contributed by atoms with Gasteiger partial charge in [0.2, 0.25) is 0 Å². The molecule has 0 radical (unpaired) electrons. The van der Waals surface area contributed by atoms with Gasteiger partial charge in [0.1, 0.15) is 5.56 Å². The molecule has 0 aromatic heterocycles. The third kappa shape index (κ3) is 5.95. The molecule has 3 aromatic carbocycles. The quantitative estimate of drug-likeness (QED) is 0.354. The third-order valence-corrected chi connectivity index (χ3v) is 6.76. The first-order valence-electron chi connectivity index (χ1n) is 11.9. The molecule has 3 aromatic rings. The predicted octanol–water partition coefficient (Wildman–Crippen LogP) is 4.61. The molecule has 1 aliphatic heterocycles. The number of nitrogens with one attached hydrogen (secondary N) is 1. The monoisotopic (exact) mass is 507 g/mol. The molecule has 1 unspecified atom stereocenters. The van der Waals surface area contributed by atoms with Gasteiger partial charge in [-0.1, -0.05) is 41.9 Å². The fourth-order valence-corrected chi connectivity index (χ4v) is 4.69. The molecule has 1 heterocycles. The van der Waals surface area contributed by atoms with Crippen LogP contribution in [0.5, 0.6) is 0 Å². The van der Waals surface area contributed by atoms with Crippen LogP contribution in [-0.4, -0.2) is 62.5 Å². The number of rotatable bonds is 8. The van der Waals surface area contributed by atoms with Gasteiger partial charge in [-0.3, -0.25) is 19.8 Å². The van der Waals surface area contributed by atoms with Gasteiger partial charge in [-0.15, -0.1) is 0 Å². The van der Waals surface area contributed by atoms with E-state index in [4.69, 9.17) is 11.6 Å². The van der Waals surface area contributed by atoms with Crippen molar-refractivity contribution in [2.45, 2.75) is 6.04 Å². The van der Waals surface area contributed by atoms with Gasteiger partial charge in [0.05, 0.1) is 11.0 Å². The fraction of sp³-hybridized carbons (Fsp3) is 0.296. The molecule has 8 nitrogen and oxygen atoms in total. The van der Waals surface area contributed by atoms with Crippen LogP contribution in [0.1, 0.15) is 22.0 Å². The van der Waals surface area contributed by atoms with Gasteiger partial charge in [0.25, 0.3) is 11.6 Å². The van der Waals surface area contributed by atoms with Crippen molar-refractivity contribution in [1.29, 1.82) is 0 Å². The minimum atomic E-state index is -0.564. The zero-order chi connectivity index (χ0) is 25.7. The Bertz CT molecular complexity index is 1200. The Morgan fingerprint density at radius 3 is 2.31 bits per heavy atom. The number of nitrogens with zero attached hydrogens (tertiary/aromatic N) is 4. The maximum Gasteiger partial charge on any atom is 0.282 e. The van der Waals surface area contributed by atoms with Crippen molar-refractivity contribution in [3.05, 3.63) is 99.1 Å². The van der Waals surface area contributed by atoms with Crippen LogP contribution in [0, 0.1) is 10.1 Å². The highest BCUT2D eigenvalue weighted by atomic mass is 35.5. The predicted molar refractivity (Wildman–Crippen MR) is 144 cm³/mol. The van der Waals surface area contributed by atoms with Crippen LogP contribution in [0.25, 0.3) is 0 Å². The number of piperazine rings is 1. The highest BCUT2D eigenvalue weighted by molar-refractivity contribution is 6.31. The van der Waals surface area contributed by atoms with E-state index in [1.54, 1.807) is 0 Å². The zero-order valence-electron chi connectivity index (χ0n) is 20.4. The molecule has 4 rings (SSSR count). The molecule has 0 bridgehead atoms. The van der Waals surface area contributed by atoms with Gasteiger partial charge in [0, 0.05) is 69.3 Å². The molecule has 1 N–H and O–H groups in total. The molecule has 1 fully saturated rings. The molecule has 0 saturated carbocycles. The summed E-state index contributed by atoms with van der Waals surface area (Å²) in [5.41, 5.74) is 3.06. The average Bonchev–Trinajstić information content (AvgIpc) is 2.89. The van der Waals surface area contributed by atoms with E-state index in [-0.39, 0.29) is 22.3 Å². The number of hydrogen-bond acceptors (Lipinski definition) is 6. The van der Waals surface area contributed by atoms with E-state index >= 15 is 0 Å². The standard InChI is InChI=1S/C27H30ClN5O3/c1-30(2)22-11-8-20(9-12-22)26(32-16-14-31(15-17-32)23-6-4-3-5-7-23)19-29-27(34)24-18-21(28)10-13-25(24)33(35)36/h3-13,18,26H,14-17,19H2,1-2H3,(H,29,34). The molecular formula is C27H30ClN5O3. The number of nitro groups is 1. The minimum absolute atomic E-state index is 0.0388. The first-order valence-corrected chi connectivity index (χ1v) is 12.2. The van der Waals surface area contributed by atoms with Crippen molar-refractivity contribution >= 4 is 34.6 Å². The Balaban J connectivity index is 1.53. The fourth-order valence-electron chi connectivity index (χ4n) is 4.52. The molecule has 1 amide bonds. The SMILES string of the molecule is CN(C)c1ccc(C(CNC(=O)c2cc(Cl)ccc2[N+](=O)[O-])N2CCN(c3ccccc3)CC2)cc1. The van der Waals surface area contributed by atoms with Crippen molar-refractivity contribution in [1.82, 2.24) is 10.2 Å². The molecule has 0 aliphatic carbocycles. The number of para-hydroxylation sites is 1. The van der Waals surface area contributed by atoms with Crippen LogP contribution in [0.3, 0.4) is 0 Å². The number of benzene rings is 3. The van der Waals surface area contributed by atoms with E-state index in [1.807, 2.05) is 37.2 Å². The Morgan fingerprint density at radius 2 is 1.69 bits per heavy atom. The molecule has 36 heavy (non-hydrogen) atoms. The summed E-state index contributed by atoms with van der Waals surface area (Å²) in [5.74, 6) is -0.512. The van der Waals surface area contributed by atoms with Crippen molar-refractivity contribution in [2.24, 2.45) is 0 Å². The highest BCUT2D eigenvalue weighted by Crippen LogP contribution is 2.27. The number of hydrogen-bond donors (Lipinski definition) is 1. The molecular weight excluding hydrogens is 478 g/mol. The first kappa shape index (κ1) is 25.5. The summed E-state index contributed by atoms with van der Waals surface area (Å²) in [6.07, 6.45) is 0. The topological polar surface area (TPSA) is 82.0 Å². The maximum atomic E-state index is 13.0. The second kappa shape index (κ2) is 11.4. The van der Waals surface area contributed by atoms with Crippen molar-refractivity contribution in [3.8, 4) is 0 Å². The summed E-state index contributed by atoms with van der Waals surface area (Å²) in [5, 5.41) is 14.7. The van der Waals surface area contributed by atoms with Crippen molar-refractivity contribution in [3.63, 3.8) is 0 Å². The summed E-state index contributed by atoms with van der Waals surface area (Å²) >= 11 is 6.03. The molecule has 1 saturated heterocycles. The Labute approximate surface area is 216 Å². The van der Waals surface area contributed by atoms with Crippen LogP contribution >= 0.6 is 11.6 Å². The number of anilines is 2. The van der Waals surface area contributed by atoms with Crippen LogP contribution in [0.2, 0.25) is 5.02 Å². The van der Waals surface area contributed by atoms with E-state index in [9.17, 15) is 14.9 Å². The lowest BCUT2D eigenvalue weighted by Gasteiger charge is -2.40. The van der Waals surface area contributed by atoms with Gasteiger partial charge in [-0.25, -0.2) is 0 Å². The second-order valence-electron chi connectivity index (χ2n) is 8.99. The van der Waals surface area contributed by atoms with Crippen LogP contribution in [-0.2, 0) is 0 Å². The maximum absolute atomic E-state index is 13.0. The zero-order valence-corrected chi connectivity index (χ0v) is 21.2. The Kier molecular flexibility index (Phi) is 8.07. The highest BCUT2D eigenvalue weighted by Gasteiger charge is 2.27. The van der Waals surface area contributed by atoms with Gasteiger partial charge >= 0.3 is 0 Å². The lowest BCUT2D eigenvalue weighted by Crippen LogP contribution is -2.50. The van der Waals surface area contributed by atoms with Crippen molar-refractivity contribution in [2.75, 3.05) is 56.6 Å². The average molecular weight is 508 g/mol. The van der Waals surface area contributed by atoms with E-state index in [0.29, 0.717) is 6.54 Å². The van der Waals surface area contributed by atoms with Crippen LogP contribution in [0.15, 0.2) is 72.8 Å². The largest absolute Gasteiger partial charge is 0.378 e. The van der Waals surface area contributed by atoms with Crippen LogP contribution < -0.4 is 15.1 Å². The lowest BCUT2D eigenvalue weighted by atomic mass is 10.0. The van der Waals surface area contributed by atoms with Crippen LogP contribution in [0.4, 0.5) is 17.1 Å². The summed E-state index contributed by atoms with van der Waals surface area (Å²) in [4.78, 5) is 30.6. The smallest absolute Gasteiger partial charge is 0.282 e. The number of halogens is 1. The number of nitro benzene ring substituents is 1. The van der Waals surface area contributed by atoms with Gasteiger partial charge in [0.15, 0.2) is 0 Å². The van der Waals surface area contributed by atoms with E-state index in [1.165, 1.54) is 23.9 Å². The summed E-state index contributed by atoms with van der Waals surface area (Å²) < 4.78 is 0. The van der Waals surface area contributed by atoms with E-state index < -0.39 is 10.8 Å². The third-order valence-electron chi connectivity index (χ3n) is 6.53. The lowest BCUT2D eigenvalue weighted by molar-refractivity contribution is -0.385. The summed E-state index contributed by atoms with van der Waals surface area (Å²) in [6, 6.07) is 22.6. The molecule has 1 atom stereocenters. The van der Waals surface area contributed by atoms with Gasteiger partial charge < -0.3 is 15.1 Å². The normalized spacial score (nSPS) is 14.8. The van der Waals surface area contributed by atoms with E-state index in [0.717, 1.165) is 37.4 Å². The number of carbonyl (C=O) groups excluding carboxylic acids is 1. The summed E-state index contributed by atoms with van der Waals surface area (Å²) in [6.45, 7) is 3.69. The van der Waals surface area contributed by atoms with E-state index in [2.05, 4.69) is 51.5 Å². The van der Waals surface area contributed by atoms with Gasteiger partial charge in [-0.05, 0) is 42.0 Å². The number of carbonyl (C=O) groups is 1. The molecule has 9 heteroatoms. The number of amides is 1. The Hall–Kier alpha value is -3.62. The Morgan fingerprint density at radius 1 is 1.03 bits per heavy atom. The summed E-state index contributed by atoms with van der Waals surface area (Å²) in [7, 11) is 3.99. The van der Waals surface area contributed by atoms with Gasteiger partial charge in [-0.2, -0.15) is 0 Å².